The first kappa shape index (κ1) is 25.7. The Hall–Kier alpha value is -2.38. The molecule has 0 saturated carbocycles. The lowest BCUT2D eigenvalue weighted by Crippen LogP contribution is -2.34. The quantitative estimate of drug-likeness (QED) is 0.346. The van der Waals surface area contributed by atoms with E-state index >= 15 is 0 Å². The van der Waals surface area contributed by atoms with Gasteiger partial charge >= 0.3 is 0 Å². The van der Waals surface area contributed by atoms with Crippen molar-refractivity contribution in [1.82, 2.24) is 9.78 Å². The lowest BCUT2D eigenvalue weighted by molar-refractivity contribution is 0.0602. The van der Waals surface area contributed by atoms with Crippen LogP contribution in [0, 0.1) is 18.8 Å². The van der Waals surface area contributed by atoms with E-state index in [9.17, 15) is 8.42 Å². The van der Waals surface area contributed by atoms with Gasteiger partial charge < -0.3 is 4.74 Å². The minimum atomic E-state index is -3.73. The molecule has 0 unspecified atom stereocenters. The fourth-order valence-corrected chi connectivity index (χ4v) is 6.55. The molecule has 7 heteroatoms. The Bertz CT molecular complexity index is 1240. The maximum Gasteiger partial charge on any atom is 0.264 e. The second-order valence-electron chi connectivity index (χ2n) is 10.3. The van der Waals surface area contributed by atoms with E-state index in [-0.39, 0.29) is 5.92 Å². The van der Waals surface area contributed by atoms with Gasteiger partial charge in [-0.15, -0.1) is 0 Å². The van der Waals surface area contributed by atoms with Crippen LogP contribution in [-0.2, 0) is 27.7 Å². The fourth-order valence-electron chi connectivity index (χ4n) is 4.82. The van der Waals surface area contributed by atoms with Crippen LogP contribution >= 0.6 is 0 Å². The Morgan fingerprint density at radius 3 is 2.60 bits per heavy atom. The highest BCUT2D eigenvalue weighted by atomic mass is 32.2. The average Bonchev–Trinajstić information content (AvgIpc) is 3.23. The van der Waals surface area contributed by atoms with Crippen LogP contribution in [0.1, 0.15) is 57.6 Å². The third kappa shape index (κ3) is 6.07. The van der Waals surface area contributed by atoms with Crippen molar-refractivity contribution in [2.24, 2.45) is 11.8 Å². The molecular formula is C28H39N3O3S. The van der Waals surface area contributed by atoms with Crippen LogP contribution in [-0.4, -0.2) is 38.0 Å². The van der Waals surface area contributed by atoms with E-state index in [0.717, 1.165) is 74.0 Å². The van der Waals surface area contributed by atoms with Crippen LogP contribution in [0.3, 0.4) is 0 Å². The van der Waals surface area contributed by atoms with E-state index in [1.807, 2.05) is 29.9 Å². The van der Waals surface area contributed by atoms with E-state index in [1.54, 1.807) is 16.4 Å². The van der Waals surface area contributed by atoms with Gasteiger partial charge in [0.1, 0.15) is 0 Å². The molecule has 1 aromatic heterocycles. The molecule has 2 heterocycles. The summed E-state index contributed by atoms with van der Waals surface area (Å²) in [5.41, 5.74) is 3.83. The zero-order chi connectivity index (χ0) is 25.0. The van der Waals surface area contributed by atoms with Crippen molar-refractivity contribution in [3.8, 4) is 0 Å². The number of unbranched alkanes of at least 4 members (excludes halogenated alkanes) is 1. The molecule has 1 aliphatic rings. The van der Waals surface area contributed by atoms with Crippen molar-refractivity contribution in [2.45, 2.75) is 71.2 Å². The normalized spacial score (nSPS) is 15.2. The van der Waals surface area contributed by atoms with Crippen molar-refractivity contribution in [2.75, 3.05) is 24.1 Å². The lowest BCUT2D eigenvalue weighted by Gasteiger charge is -2.28. The van der Waals surface area contributed by atoms with Crippen LogP contribution in [0.15, 0.2) is 47.5 Å². The Labute approximate surface area is 210 Å². The van der Waals surface area contributed by atoms with Crippen molar-refractivity contribution in [3.05, 3.63) is 53.7 Å². The molecule has 0 bridgehead atoms. The summed E-state index contributed by atoms with van der Waals surface area (Å²) < 4.78 is 36.9. The summed E-state index contributed by atoms with van der Waals surface area (Å²) in [6, 6.07) is 11.5. The number of hydrogen-bond donors (Lipinski definition) is 0. The SMILES string of the molecule is CCCCc1ccc(N(CC(C)C)S(=O)(=O)c2ccc3nn(CC4CCOCC4)cc3c2)c(C)c1. The minimum absolute atomic E-state index is 0.190. The van der Waals surface area contributed by atoms with Gasteiger partial charge in [-0.25, -0.2) is 8.42 Å². The molecule has 3 aromatic rings. The number of nitrogens with zero attached hydrogens (tertiary/aromatic N) is 3. The third-order valence-electron chi connectivity index (χ3n) is 6.78. The summed E-state index contributed by atoms with van der Waals surface area (Å²) in [6.45, 7) is 11.2. The van der Waals surface area contributed by atoms with Gasteiger partial charge in [-0.3, -0.25) is 8.99 Å². The first-order valence-electron chi connectivity index (χ1n) is 12.9. The number of hydrogen-bond acceptors (Lipinski definition) is 4. The molecule has 0 N–H and O–H groups in total. The maximum atomic E-state index is 13.9. The molecule has 0 atom stereocenters. The third-order valence-corrected chi connectivity index (χ3v) is 8.55. The Morgan fingerprint density at radius 2 is 1.91 bits per heavy atom. The van der Waals surface area contributed by atoms with Crippen LogP contribution < -0.4 is 4.31 Å². The summed E-state index contributed by atoms with van der Waals surface area (Å²) >= 11 is 0. The van der Waals surface area contributed by atoms with Gasteiger partial charge in [0, 0.05) is 37.9 Å². The van der Waals surface area contributed by atoms with Crippen molar-refractivity contribution in [3.63, 3.8) is 0 Å². The first-order chi connectivity index (χ1) is 16.8. The molecule has 4 rings (SSSR count). The van der Waals surface area contributed by atoms with Gasteiger partial charge in [0.05, 0.1) is 16.1 Å². The summed E-state index contributed by atoms with van der Waals surface area (Å²) in [7, 11) is -3.73. The average molecular weight is 498 g/mol. The second kappa shape index (κ2) is 11.1. The number of sulfonamides is 1. The summed E-state index contributed by atoms with van der Waals surface area (Å²) in [5, 5.41) is 5.55. The molecule has 2 aromatic carbocycles. The predicted molar refractivity (Wildman–Crippen MR) is 142 cm³/mol. The van der Waals surface area contributed by atoms with E-state index in [1.165, 1.54) is 5.56 Å². The molecule has 190 valence electrons. The monoisotopic (exact) mass is 497 g/mol. The fraction of sp³-hybridized carbons (Fsp3) is 0.536. The molecular weight excluding hydrogens is 458 g/mol. The number of benzene rings is 2. The highest BCUT2D eigenvalue weighted by molar-refractivity contribution is 7.92. The Morgan fingerprint density at radius 1 is 1.14 bits per heavy atom. The molecule has 35 heavy (non-hydrogen) atoms. The predicted octanol–water partition coefficient (Wildman–Crippen LogP) is 5.97. The number of aromatic nitrogens is 2. The number of anilines is 1. The standard InChI is InChI=1S/C28H39N3O3S/c1-5-6-7-23-8-11-28(22(4)16-23)31(18-21(2)3)35(32,33)26-9-10-27-25(17-26)20-30(29-27)19-24-12-14-34-15-13-24/h8-11,16-17,20-21,24H,5-7,12-15,18-19H2,1-4H3. The molecule has 0 amide bonds. The molecule has 0 aliphatic carbocycles. The summed E-state index contributed by atoms with van der Waals surface area (Å²) in [6.07, 6.45) is 7.35. The van der Waals surface area contributed by atoms with E-state index < -0.39 is 10.0 Å². The molecule has 1 fully saturated rings. The minimum Gasteiger partial charge on any atom is -0.381 e. The number of aryl methyl sites for hydroxylation is 2. The first-order valence-corrected chi connectivity index (χ1v) is 14.4. The largest absolute Gasteiger partial charge is 0.381 e. The van der Waals surface area contributed by atoms with E-state index in [0.29, 0.717) is 17.4 Å². The zero-order valence-electron chi connectivity index (χ0n) is 21.5. The zero-order valence-corrected chi connectivity index (χ0v) is 22.4. The van der Waals surface area contributed by atoms with Crippen LogP contribution in [0.5, 0.6) is 0 Å². The van der Waals surface area contributed by atoms with Gasteiger partial charge in [-0.1, -0.05) is 39.3 Å². The Kier molecular flexibility index (Phi) is 8.17. The van der Waals surface area contributed by atoms with Gasteiger partial charge in [-0.2, -0.15) is 5.10 Å². The summed E-state index contributed by atoms with van der Waals surface area (Å²) in [5.74, 6) is 0.737. The van der Waals surface area contributed by atoms with Crippen LogP contribution in [0.2, 0.25) is 0 Å². The molecule has 0 radical (unpaired) electrons. The van der Waals surface area contributed by atoms with E-state index in [2.05, 4.69) is 32.9 Å². The van der Waals surface area contributed by atoms with Crippen molar-refractivity contribution in [1.29, 1.82) is 0 Å². The molecule has 1 aliphatic heterocycles. The van der Waals surface area contributed by atoms with Gasteiger partial charge in [0.25, 0.3) is 10.0 Å². The van der Waals surface area contributed by atoms with Crippen molar-refractivity contribution >= 4 is 26.6 Å². The number of rotatable bonds is 10. The molecule has 1 saturated heterocycles. The molecule has 6 nitrogen and oxygen atoms in total. The smallest absolute Gasteiger partial charge is 0.264 e. The van der Waals surface area contributed by atoms with Crippen LogP contribution in [0.4, 0.5) is 5.69 Å². The number of ether oxygens (including phenoxy) is 1. The van der Waals surface area contributed by atoms with Crippen LogP contribution in [0.25, 0.3) is 10.9 Å². The van der Waals surface area contributed by atoms with Crippen molar-refractivity contribution < 1.29 is 13.2 Å². The van der Waals surface area contributed by atoms with Gasteiger partial charge in [0.15, 0.2) is 0 Å². The summed E-state index contributed by atoms with van der Waals surface area (Å²) in [4.78, 5) is 0.311. The van der Waals surface area contributed by atoms with Gasteiger partial charge in [0.2, 0.25) is 0 Å². The second-order valence-corrected chi connectivity index (χ2v) is 12.1. The Balaban J connectivity index is 1.64. The maximum absolute atomic E-state index is 13.9. The number of fused-ring (bicyclic) bond motifs is 1. The molecule has 0 spiro atoms. The van der Waals surface area contributed by atoms with E-state index in [4.69, 9.17) is 9.84 Å². The van der Waals surface area contributed by atoms with Gasteiger partial charge in [-0.05, 0) is 79.8 Å². The lowest BCUT2D eigenvalue weighted by atomic mass is 10.0. The highest BCUT2D eigenvalue weighted by Crippen LogP contribution is 2.30. The topological polar surface area (TPSA) is 64.4 Å². The highest BCUT2D eigenvalue weighted by Gasteiger charge is 2.27.